The third-order valence-corrected chi connectivity index (χ3v) is 5.59. The molecule has 0 bridgehead atoms. The first-order valence-electron chi connectivity index (χ1n) is 9.58. The average Bonchev–Trinajstić information content (AvgIpc) is 2.98. The maximum atomic E-state index is 12.4. The molecule has 0 saturated carbocycles. The second-order valence-corrected chi connectivity index (χ2v) is 7.41. The normalized spacial score (nSPS) is 18.3. The maximum absolute atomic E-state index is 12.4. The van der Waals surface area contributed by atoms with Gasteiger partial charge < -0.3 is 4.90 Å². The first kappa shape index (κ1) is 17.3. The number of hydrogen-bond acceptors (Lipinski definition) is 3. The summed E-state index contributed by atoms with van der Waals surface area (Å²) in [5.41, 5.74) is 4.93. The van der Waals surface area contributed by atoms with Crippen LogP contribution in [0.25, 0.3) is 0 Å². The van der Waals surface area contributed by atoms with Gasteiger partial charge in [-0.15, -0.1) is 0 Å². The van der Waals surface area contributed by atoms with E-state index in [9.17, 15) is 4.79 Å². The van der Waals surface area contributed by atoms with Crippen LogP contribution in [0.2, 0.25) is 0 Å². The van der Waals surface area contributed by atoms with Gasteiger partial charge >= 0.3 is 0 Å². The standard InChI is InChI=1S/C22H27N3O/c1-18-6-5-9-20-16-21(26)25(22(18)20)15-14-23-10-12-24(13-11-23)17-19-7-3-2-4-8-19/h2-9H,10-17H2,1H3. The van der Waals surface area contributed by atoms with Crippen LogP contribution >= 0.6 is 0 Å². The van der Waals surface area contributed by atoms with Crippen molar-refractivity contribution in [3.63, 3.8) is 0 Å². The SMILES string of the molecule is Cc1cccc2c1N(CCN1CCN(Cc3ccccc3)CC1)C(=O)C2. The van der Waals surface area contributed by atoms with Gasteiger partial charge in [-0.2, -0.15) is 0 Å². The molecule has 2 aliphatic rings. The number of rotatable bonds is 5. The second kappa shape index (κ2) is 7.60. The Labute approximate surface area is 156 Å². The molecule has 0 unspecified atom stereocenters. The first-order chi connectivity index (χ1) is 12.7. The molecule has 4 heteroatoms. The molecule has 2 aromatic rings. The van der Waals surface area contributed by atoms with Crippen molar-refractivity contribution in [3.05, 3.63) is 65.2 Å². The minimum Gasteiger partial charge on any atom is -0.310 e. The smallest absolute Gasteiger partial charge is 0.231 e. The van der Waals surface area contributed by atoms with E-state index in [2.05, 4.69) is 65.3 Å². The van der Waals surface area contributed by atoms with Crippen LogP contribution in [-0.2, 0) is 17.8 Å². The fraction of sp³-hybridized carbons (Fsp3) is 0.409. The topological polar surface area (TPSA) is 26.8 Å². The summed E-state index contributed by atoms with van der Waals surface area (Å²) in [5, 5.41) is 0. The van der Waals surface area contributed by atoms with E-state index in [1.165, 1.54) is 16.7 Å². The monoisotopic (exact) mass is 349 g/mol. The lowest BCUT2D eigenvalue weighted by Gasteiger charge is -2.35. The second-order valence-electron chi connectivity index (χ2n) is 7.41. The van der Waals surface area contributed by atoms with Gasteiger partial charge in [-0.1, -0.05) is 48.5 Å². The number of para-hydroxylation sites is 1. The van der Waals surface area contributed by atoms with Crippen molar-refractivity contribution in [2.24, 2.45) is 0 Å². The number of piperazine rings is 1. The number of anilines is 1. The average molecular weight is 349 g/mol. The molecule has 2 aromatic carbocycles. The summed E-state index contributed by atoms with van der Waals surface area (Å²) in [6.45, 7) is 9.24. The van der Waals surface area contributed by atoms with Crippen molar-refractivity contribution in [2.75, 3.05) is 44.2 Å². The molecule has 0 N–H and O–H groups in total. The van der Waals surface area contributed by atoms with Gasteiger partial charge in [0.15, 0.2) is 0 Å². The lowest BCUT2D eigenvalue weighted by Crippen LogP contribution is -2.48. The van der Waals surface area contributed by atoms with Gasteiger partial charge in [0.1, 0.15) is 0 Å². The number of benzene rings is 2. The van der Waals surface area contributed by atoms with Gasteiger partial charge in [-0.3, -0.25) is 14.6 Å². The highest BCUT2D eigenvalue weighted by Crippen LogP contribution is 2.31. The number of nitrogens with zero attached hydrogens (tertiary/aromatic N) is 3. The molecule has 4 nitrogen and oxygen atoms in total. The first-order valence-corrected chi connectivity index (χ1v) is 9.58. The van der Waals surface area contributed by atoms with Crippen LogP contribution < -0.4 is 4.90 Å². The molecule has 0 aromatic heterocycles. The highest BCUT2D eigenvalue weighted by atomic mass is 16.2. The van der Waals surface area contributed by atoms with E-state index in [-0.39, 0.29) is 5.91 Å². The largest absolute Gasteiger partial charge is 0.310 e. The van der Waals surface area contributed by atoms with Crippen LogP contribution in [0.1, 0.15) is 16.7 Å². The van der Waals surface area contributed by atoms with Gasteiger partial charge in [0.2, 0.25) is 5.91 Å². The van der Waals surface area contributed by atoms with E-state index in [0.717, 1.165) is 51.5 Å². The highest BCUT2D eigenvalue weighted by molar-refractivity contribution is 6.02. The summed E-state index contributed by atoms with van der Waals surface area (Å²) < 4.78 is 0. The molecule has 1 amide bonds. The van der Waals surface area contributed by atoms with Gasteiger partial charge in [-0.05, 0) is 23.6 Å². The molecule has 0 radical (unpaired) electrons. The molecule has 26 heavy (non-hydrogen) atoms. The Balaban J connectivity index is 1.29. The van der Waals surface area contributed by atoms with Gasteiger partial charge in [-0.25, -0.2) is 0 Å². The van der Waals surface area contributed by atoms with Crippen molar-refractivity contribution >= 4 is 11.6 Å². The Bertz CT molecular complexity index is 766. The fourth-order valence-corrected chi connectivity index (χ4v) is 4.12. The van der Waals surface area contributed by atoms with Crippen LogP contribution in [0.15, 0.2) is 48.5 Å². The van der Waals surface area contributed by atoms with Crippen molar-refractivity contribution in [1.29, 1.82) is 0 Å². The summed E-state index contributed by atoms with van der Waals surface area (Å²) in [7, 11) is 0. The lowest BCUT2D eigenvalue weighted by atomic mass is 10.1. The minimum atomic E-state index is 0.247. The lowest BCUT2D eigenvalue weighted by molar-refractivity contribution is -0.117. The van der Waals surface area contributed by atoms with E-state index < -0.39 is 0 Å². The maximum Gasteiger partial charge on any atom is 0.231 e. The van der Waals surface area contributed by atoms with E-state index >= 15 is 0 Å². The molecule has 2 aliphatic heterocycles. The van der Waals surface area contributed by atoms with Gasteiger partial charge in [0.25, 0.3) is 0 Å². The van der Waals surface area contributed by atoms with Crippen molar-refractivity contribution in [2.45, 2.75) is 19.9 Å². The van der Waals surface area contributed by atoms with E-state index in [4.69, 9.17) is 0 Å². The van der Waals surface area contributed by atoms with Crippen molar-refractivity contribution in [1.82, 2.24) is 9.80 Å². The molecule has 1 fully saturated rings. The predicted molar refractivity (Wildman–Crippen MR) is 105 cm³/mol. The third-order valence-electron chi connectivity index (χ3n) is 5.59. The molecule has 4 rings (SSSR count). The molecular formula is C22H27N3O. The Morgan fingerprint density at radius 1 is 0.846 bits per heavy atom. The Kier molecular flexibility index (Phi) is 5.05. The highest BCUT2D eigenvalue weighted by Gasteiger charge is 2.29. The van der Waals surface area contributed by atoms with Crippen LogP contribution in [-0.4, -0.2) is 55.0 Å². The third kappa shape index (κ3) is 3.67. The van der Waals surface area contributed by atoms with Crippen LogP contribution in [0.4, 0.5) is 5.69 Å². The molecule has 1 saturated heterocycles. The van der Waals surface area contributed by atoms with E-state index in [0.29, 0.717) is 6.42 Å². The summed E-state index contributed by atoms with van der Waals surface area (Å²) in [5.74, 6) is 0.247. The molecule has 0 aliphatic carbocycles. The van der Waals surface area contributed by atoms with Gasteiger partial charge in [0, 0.05) is 45.8 Å². The summed E-state index contributed by atoms with van der Waals surface area (Å²) in [6, 6.07) is 16.9. The number of carbonyl (C=O) groups excluding carboxylic acids is 1. The van der Waals surface area contributed by atoms with Crippen molar-refractivity contribution < 1.29 is 4.79 Å². The van der Waals surface area contributed by atoms with Crippen LogP contribution in [0.5, 0.6) is 0 Å². The number of amides is 1. The zero-order valence-electron chi connectivity index (χ0n) is 15.5. The number of aryl methyl sites for hydroxylation is 1. The predicted octanol–water partition coefficient (Wildman–Crippen LogP) is 2.70. The van der Waals surface area contributed by atoms with E-state index in [1.54, 1.807) is 0 Å². The van der Waals surface area contributed by atoms with Gasteiger partial charge in [0.05, 0.1) is 12.1 Å². The minimum absolute atomic E-state index is 0.247. The Hall–Kier alpha value is -2.17. The molecule has 0 spiro atoms. The molecule has 2 heterocycles. The molecule has 136 valence electrons. The number of carbonyl (C=O) groups is 1. The van der Waals surface area contributed by atoms with Crippen LogP contribution in [0.3, 0.4) is 0 Å². The summed E-state index contributed by atoms with van der Waals surface area (Å²) in [6.07, 6.45) is 0.557. The summed E-state index contributed by atoms with van der Waals surface area (Å²) in [4.78, 5) is 19.4. The zero-order valence-corrected chi connectivity index (χ0v) is 15.5. The molecular weight excluding hydrogens is 322 g/mol. The molecule has 0 atom stereocenters. The Morgan fingerprint density at radius 2 is 1.58 bits per heavy atom. The Morgan fingerprint density at radius 3 is 2.35 bits per heavy atom. The number of hydrogen-bond donors (Lipinski definition) is 0. The zero-order chi connectivity index (χ0) is 17.9. The summed E-state index contributed by atoms with van der Waals surface area (Å²) >= 11 is 0. The quantitative estimate of drug-likeness (QED) is 0.830. The van der Waals surface area contributed by atoms with Crippen molar-refractivity contribution in [3.8, 4) is 0 Å². The van der Waals surface area contributed by atoms with E-state index in [1.807, 2.05) is 4.90 Å². The number of fused-ring (bicyclic) bond motifs is 1. The van der Waals surface area contributed by atoms with Crippen LogP contribution in [0, 0.1) is 6.92 Å². The fourth-order valence-electron chi connectivity index (χ4n) is 4.12.